The maximum Gasteiger partial charge on any atom is 0.320 e. The third kappa shape index (κ3) is 2.02. The number of hydrogen-bond donors (Lipinski definition) is 2. The first-order valence-corrected chi connectivity index (χ1v) is 6.06. The highest BCUT2D eigenvalue weighted by Gasteiger charge is 2.48. The average Bonchev–Trinajstić information content (AvgIpc) is 3.04. The second-order valence-electron chi connectivity index (χ2n) is 4.26. The van der Waals surface area contributed by atoms with Crippen LogP contribution in [0.25, 0.3) is 0 Å². The van der Waals surface area contributed by atoms with Crippen molar-refractivity contribution in [3.05, 3.63) is 24.3 Å². The summed E-state index contributed by atoms with van der Waals surface area (Å²) in [6.45, 7) is 1.74. The second-order valence-corrected chi connectivity index (χ2v) is 5.75. The molecule has 16 heavy (non-hydrogen) atoms. The van der Waals surface area contributed by atoms with Gasteiger partial charge in [-0.25, -0.2) is 0 Å². The molecule has 0 aromatic heterocycles. The minimum absolute atomic E-state index is 0.153. The summed E-state index contributed by atoms with van der Waals surface area (Å²) in [5, 5.41) is 18.9. The molecule has 1 saturated carbocycles. The molecule has 0 aliphatic heterocycles. The summed E-state index contributed by atoms with van der Waals surface area (Å²) in [5.74, 6) is -0.432. The van der Waals surface area contributed by atoms with Gasteiger partial charge >= 0.3 is 5.97 Å². The number of benzene rings is 1. The maximum atomic E-state index is 11.3. The van der Waals surface area contributed by atoms with Gasteiger partial charge in [0.2, 0.25) is 0 Å². The number of carbonyl (C=O) groups is 1. The van der Waals surface area contributed by atoms with E-state index in [1.807, 2.05) is 0 Å². The molecule has 3 nitrogen and oxygen atoms in total. The molecule has 0 heterocycles. The molecule has 1 atom stereocenters. The van der Waals surface area contributed by atoms with Gasteiger partial charge in [0, 0.05) is 0 Å². The van der Waals surface area contributed by atoms with E-state index in [0.29, 0.717) is 4.90 Å². The van der Waals surface area contributed by atoms with E-state index in [0.717, 1.165) is 12.8 Å². The van der Waals surface area contributed by atoms with E-state index in [1.165, 1.54) is 11.8 Å². The Hall–Kier alpha value is -1.16. The summed E-state index contributed by atoms with van der Waals surface area (Å²) >= 11 is 1.25. The Bertz CT molecular complexity index is 414. The topological polar surface area (TPSA) is 57.5 Å². The van der Waals surface area contributed by atoms with Crippen molar-refractivity contribution >= 4 is 17.7 Å². The smallest absolute Gasteiger partial charge is 0.320 e. The van der Waals surface area contributed by atoms with E-state index in [2.05, 4.69) is 0 Å². The number of para-hydroxylation sites is 1. The van der Waals surface area contributed by atoms with Crippen LogP contribution in [0.1, 0.15) is 19.8 Å². The number of carboxylic acid groups (broad SMARTS) is 1. The fourth-order valence-corrected chi connectivity index (χ4v) is 2.97. The molecule has 1 fully saturated rings. The molecular weight excluding hydrogens is 224 g/mol. The molecule has 86 valence electrons. The number of aliphatic carboxylic acids is 1. The van der Waals surface area contributed by atoms with Crippen LogP contribution in [0.3, 0.4) is 0 Å². The first-order valence-electron chi connectivity index (χ1n) is 5.24. The third-order valence-electron chi connectivity index (χ3n) is 2.97. The largest absolute Gasteiger partial charge is 0.507 e. The summed E-state index contributed by atoms with van der Waals surface area (Å²) < 4.78 is -0.821. The average molecular weight is 238 g/mol. The van der Waals surface area contributed by atoms with Crippen molar-refractivity contribution in [2.75, 3.05) is 0 Å². The molecular formula is C12H14O3S. The lowest BCUT2D eigenvalue weighted by molar-refractivity contribution is -0.139. The highest BCUT2D eigenvalue weighted by molar-refractivity contribution is 8.01. The molecule has 1 aromatic rings. The molecule has 0 spiro atoms. The molecule has 0 saturated heterocycles. The van der Waals surface area contributed by atoms with Crippen molar-refractivity contribution in [2.45, 2.75) is 29.4 Å². The molecule has 2 N–H and O–H groups in total. The fourth-order valence-electron chi connectivity index (χ4n) is 1.71. The lowest BCUT2D eigenvalue weighted by Gasteiger charge is -2.24. The van der Waals surface area contributed by atoms with Gasteiger partial charge in [0.1, 0.15) is 10.5 Å². The molecule has 0 radical (unpaired) electrons. The Labute approximate surface area is 98.5 Å². The van der Waals surface area contributed by atoms with Gasteiger partial charge < -0.3 is 10.2 Å². The Kier molecular flexibility index (Phi) is 2.84. The molecule has 4 heteroatoms. The Morgan fingerprint density at radius 3 is 2.56 bits per heavy atom. The van der Waals surface area contributed by atoms with Gasteiger partial charge in [-0.15, -0.1) is 11.8 Å². The van der Waals surface area contributed by atoms with Crippen molar-refractivity contribution in [3.8, 4) is 5.75 Å². The zero-order valence-electron chi connectivity index (χ0n) is 9.01. The minimum atomic E-state index is -0.821. The summed E-state index contributed by atoms with van der Waals surface area (Å²) in [4.78, 5) is 12.0. The standard InChI is InChI=1S/C12H14O3S/c1-12(11(14)15,8-6-7-8)16-10-5-3-2-4-9(10)13/h2-5,8,13H,6-7H2,1H3,(H,14,15). The molecule has 1 aliphatic carbocycles. The number of carboxylic acids is 1. The van der Waals surface area contributed by atoms with Gasteiger partial charge in [0.05, 0.1) is 4.90 Å². The van der Waals surface area contributed by atoms with Gasteiger partial charge in [-0.05, 0) is 37.8 Å². The van der Waals surface area contributed by atoms with Crippen molar-refractivity contribution < 1.29 is 15.0 Å². The van der Waals surface area contributed by atoms with Crippen LogP contribution in [0.4, 0.5) is 0 Å². The summed E-state index contributed by atoms with van der Waals surface area (Å²) in [5.41, 5.74) is 0. The molecule has 1 aliphatic rings. The van der Waals surface area contributed by atoms with Crippen LogP contribution >= 0.6 is 11.8 Å². The lowest BCUT2D eigenvalue weighted by atomic mass is 10.1. The zero-order valence-corrected chi connectivity index (χ0v) is 9.83. The summed E-state index contributed by atoms with van der Waals surface area (Å²) in [6, 6.07) is 6.87. The molecule has 0 amide bonds. The maximum absolute atomic E-state index is 11.3. The fraction of sp³-hybridized carbons (Fsp3) is 0.417. The highest BCUT2D eigenvalue weighted by Crippen LogP contribution is 2.51. The zero-order chi connectivity index (χ0) is 11.8. The number of rotatable bonds is 4. The van der Waals surface area contributed by atoms with Gasteiger partial charge in [-0.3, -0.25) is 4.79 Å². The van der Waals surface area contributed by atoms with Gasteiger partial charge in [0.25, 0.3) is 0 Å². The van der Waals surface area contributed by atoms with Crippen LogP contribution in [-0.4, -0.2) is 20.9 Å². The number of hydrogen-bond acceptors (Lipinski definition) is 3. The number of thioether (sulfide) groups is 1. The predicted molar refractivity (Wildman–Crippen MR) is 62.7 cm³/mol. The normalized spacial score (nSPS) is 19.1. The van der Waals surface area contributed by atoms with Gasteiger partial charge in [0.15, 0.2) is 0 Å². The van der Waals surface area contributed by atoms with E-state index < -0.39 is 10.7 Å². The molecule has 0 bridgehead atoms. The lowest BCUT2D eigenvalue weighted by Crippen LogP contribution is -2.33. The molecule has 1 aromatic carbocycles. The van der Waals surface area contributed by atoms with E-state index in [9.17, 15) is 15.0 Å². The van der Waals surface area contributed by atoms with Crippen LogP contribution in [-0.2, 0) is 4.79 Å². The monoisotopic (exact) mass is 238 g/mol. The van der Waals surface area contributed by atoms with E-state index in [1.54, 1.807) is 31.2 Å². The van der Waals surface area contributed by atoms with E-state index in [4.69, 9.17) is 0 Å². The number of aromatic hydroxyl groups is 1. The van der Waals surface area contributed by atoms with Gasteiger partial charge in [-0.2, -0.15) is 0 Å². The summed E-state index contributed by atoms with van der Waals surface area (Å²) in [6.07, 6.45) is 1.92. The van der Waals surface area contributed by atoms with Gasteiger partial charge in [-0.1, -0.05) is 12.1 Å². The second kappa shape index (κ2) is 4.01. The van der Waals surface area contributed by atoms with Crippen molar-refractivity contribution in [1.82, 2.24) is 0 Å². The van der Waals surface area contributed by atoms with E-state index >= 15 is 0 Å². The van der Waals surface area contributed by atoms with Crippen molar-refractivity contribution in [2.24, 2.45) is 5.92 Å². The van der Waals surface area contributed by atoms with Crippen LogP contribution < -0.4 is 0 Å². The van der Waals surface area contributed by atoms with Crippen LogP contribution in [0.15, 0.2) is 29.2 Å². The van der Waals surface area contributed by atoms with E-state index in [-0.39, 0.29) is 11.7 Å². The number of phenolic OH excluding ortho intramolecular Hbond substituents is 1. The third-order valence-corrected chi connectivity index (χ3v) is 4.47. The first kappa shape index (κ1) is 11.3. The number of phenols is 1. The van der Waals surface area contributed by atoms with Crippen LogP contribution in [0.5, 0.6) is 5.75 Å². The first-order chi connectivity index (χ1) is 7.54. The predicted octanol–water partition coefficient (Wildman–Crippen LogP) is 2.74. The SMILES string of the molecule is CC(Sc1ccccc1O)(C(=O)O)C1CC1. The highest BCUT2D eigenvalue weighted by atomic mass is 32.2. The molecule has 2 rings (SSSR count). The van der Waals surface area contributed by atoms with Crippen molar-refractivity contribution in [3.63, 3.8) is 0 Å². The summed E-state index contributed by atoms with van der Waals surface area (Å²) in [7, 11) is 0. The molecule has 1 unspecified atom stereocenters. The van der Waals surface area contributed by atoms with Crippen LogP contribution in [0, 0.1) is 5.92 Å². The Morgan fingerprint density at radius 2 is 2.06 bits per heavy atom. The minimum Gasteiger partial charge on any atom is -0.507 e. The Morgan fingerprint density at radius 1 is 1.44 bits per heavy atom. The van der Waals surface area contributed by atoms with Crippen LogP contribution in [0.2, 0.25) is 0 Å². The quantitative estimate of drug-likeness (QED) is 0.792. The van der Waals surface area contributed by atoms with Crippen molar-refractivity contribution in [1.29, 1.82) is 0 Å². The Balaban J connectivity index is 2.24.